The average molecular weight is 219 g/mol. The maximum atomic E-state index is 4.49. The second-order valence-corrected chi connectivity index (χ2v) is 4.54. The van der Waals surface area contributed by atoms with Crippen LogP contribution in [-0.4, -0.2) is 10.7 Å². The van der Waals surface area contributed by atoms with Gasteiger partial charge in [-0.3, -0.25) is 0 Å². The van der Waals surface area contributed by atoms with Crippen molar-refractivity contribution >= 4 is 22.7 Å². The number of benzene rings is 1. The molecule has 0 bridgehead atoms. The molecule has 3 heteroatoms. The maximum Gasteiger partial charge on any atom is 0.288 e. The Bertz CT molecular complexity index is 468. The largest absolute Gasteiger partial charge is 0.288 e. The smallest absolute Gasteiger partial charge is 0.230 e. The van der Waals surface area contributed by atoms with Crippen LogP contribution in [0, 0.1) is 0 Å². The van der Waals surface area contributed by atoms with Gasteiger partial charge in [-0.15, -0.1) is 0 Å². The number of nitrogens with zero attached hydrogens (tertiary/aromatic N) is 2. The van der Waals surface area contributed by atoms with Gasteiger partial charge in [-0.25, -0.2) is 4.57 Å². The van der Waals surface area contributed by atoms with Crippen LogP contribution in [0.5, 0.6) is 0 Å². The SMILES string of the molecule is CCSc1nc[n+](CC)c2ccccc12. The Hall–Kier alpha value is -1.09. The Balaban J connectivity index is 2.66. The molecule has 0 saturated carbocycles. The normalized spacial score (nSPS) is 10.8. The van der Waals surface area contributed by atoms with Crippen LogP contribution in [0.1, 0.15) is 13.8 Å². The summed E-state index contributed by atoms with van der Waals surface area (Å²) in [5.74, 6) is 1.06. The molecule has 0 amide bonds. The summed E-state index contributed by atoms with van der Waals surface area (Å²) in [4.78, 5) is 4.49. The van der Waals surface area contributed by atoms with E-state index in [0.717, 1.165) is 17.3 Å². The molecular formula is C12H15N2S+. The summed E-state index contributed by atoms with van der Waals surface area (Å²) in [6.45, 7) is 5.26. The minimum atomic E-state index is 0.963. The van der Waals surface area contributed by atoms with E-state index in [1.165, 1.54) is 10.9 Å². The Labute approximate surface area is 94.3 Å². The van der Waals surface area contributed by atoms with Crippen molar-refractivity contribution < 1.29 is 4.57 Å². The summed E-state index contributed by atoms with van der Waals surface area (Å²) in [7, 11) is 0. The number of aromatic nitrogens is 2. The fraction of sp³-hybridized carbons (Fsp3) is 0.333. The molecule has 1 heterocycles. The molecule has 0 aliphatic heterocycles. The molecule has 1 aromatic carbocycles. The first-order valence-corrected chi connectivity index (χ1v) is 6.25. The number of para-hydroxylation sites is 1. The summed E-state index contributed by atoms with van der Waals surface area (Å²) in [5.41, 5.74) is 1.27. The molecule has 0 aliphatic carbocycles. The van der Waals surface area contributed by atoms with Gasteiger partial charge in [-0.1, -0.05) is 30.8 Å². The highest BCUT2D eigenvalue weighted by Gasteiger charge is 2.11. The summed E-state index contributed by atoms with van der Waals surface area (Å²) in [6, 6.07) is 8.45. The lowest BCUT2D eigenvalue weighted by Crippen LogP contribution is -2.33. The van der Waals surface area contributed by atoms with Gasteiger partial charge in [0.05, 0.1) is 11.9 Å². The minimum Gasteiger partial charge on any atom is -0.230 e. The Kier molecular flexibility index (Phi) is 3.21. The van der Waals surface area contributed by atoms with Gasteiger partial charge in [0.25, 0.3) is 6.33 Å². The zero-order chi connectivity index (χ0) is 10.7. The number of fused-ring (bicyclic) bond motifs is 1. The van der Waals surface area contributed by atoms with Crippen LogP contribution >= 0.6 is 11.8 Å². The zero-order valence-corrected chi connectivity index (χ0v) is 9.92. The van der Waals surface area contributed by atoms with Gasteiger partial charge in [-0.2, -0.15) is 0 Å². The van der Waals surface area contributed by atoms with Gasteiger partial charge in [-0.05, 0) is 29.8 Å². The fourth-order valence-electron chi connectivity index (χ4n) is 1.66. The van der Waals surface area contributed by atoms with Gasteiger partial charge in [0.1, 0.15) is 5.52 Å². The lowest BCUT2D eigenvalue weighted by atomic mass is 10.2. The summed E-state index contributed by atoms with van der Waals surface area (Å²) < 4.78 is 2.18. The standard InChI is InChI=1S/C12H15N2S/c1-3-14-9-13-12(15-4-2)10-7-5-6-8-11(10)14/h5-9H,3-4H2,1-2H3/q+1. The van der Waals surface area contributed by atoms with Gasteiger partial charge < -0.3 is 0 Å². The van der Waals surface area contributed by atoms with Gasteiger partial charge >= 0.3 is 0 Å². The minimum absolute atomic E-state index is 0.963. The molecule has 0 aliphatic rings. The monoisotopic (exact) mass is 219 g/mol. The fourth-order valence-corrected chi connectivity index (χ4v) is 2.39. The van der Waals surface area contributed by atoms with Crippen molar-refractivity contribution in [3.8, 4) is 0 Å². The van der Waals surface area contributed by atoms with E-state index in [4.69, 9.17) is 0 Å². The van der Waals surface area contributed by atoms with Crippen LogP contribution in [0.2, 0.25) is 0 Å². The molecule has 78 valence electrons. The topological polar surface area (TPSA) is 16.8 Å². The summed E-state index contributed by atoms with van der Waals surface area (Å²) in [6.07, 6.45) is 1.93. The van der Waals surface area contributed by atoms with E-state index in [1.807, 2.05) is 6.33 Å². The van der Waals surface area contributed by atoms with E-state index in [2.05, 4.69) is 47.7 Å². The predicted octanol–water partition coefficient (Wildman–Crippen LogP) is 2.65. The van der Waals surface area contributed by atoms with Crippen LogP contribution in [0.15, 0.2) is 35.6 Å². The molecule has 2 nitrogen and oxygen atoms in total. The van der Waals surface area contributed by atoms with Crippen molar-refractivity contribution in [1.29, 1.82) is 0 Å². The van der Waals surface area contributed by atoms with Crippen LogP contribution < -0.4 is 4.57 Å². The number of hydrogen-bond acceptors (Lipinski definition) is 2. The Morgan fingerprint density at radius 2 is 2.07 bits per heavy atom. The average Bonchev–Trinajstić information content (AvgIpc) is 2.30. The van der Waals surface area contributed by atoms with E-state index in [-0.39, 0.29) is 0 Å². The molecular weight excluding hydrogens is 204 g/mol. The van der Waals surface area contributed by atoms with E-state index in [0.29, 0.717) is 0 Å². The molecule has 1 aromatic heterocycles. The molecule has 0 N–H and O–H groups in total. The van der Waals surface area contributed by atoms with Crippen molar-refractivity contribution in [3.63, 3.8) is 0 Å². The highest BCUT2D eigenvalue weighted by atomic mass is 32.2. The first-order chi connectivity index (χ1) is 7.36. The number of hydrogen-bond donors (Lipinski definition) is 0. The molecule has 0 radical (unpaired) electrons. The Morgan fingerprint density at radius 3 is 2.80 bits per heavy atom. The van der Waals surface area contributed by atoms with E-state index < -0.39 is 0 Å². The molecule has 0 unspecified atom stereocenters. The molecule has 15 heavy (non-hydrogen) atoms. The number of rotatable bonds is 3. The third-order valence-electron chi connectivity index (χ3n) is 2.38. The van der Waals surface area contributed by atoms with Gasteiger partial charge in [0, 0.05) is 0 Å². The second kappa shape index (κ2) is 4.62. The van der Waals surface area contributed by atoms with Crippen molar-refractivity contribution in [3.05, 3.63) is 30.6 Å². The van der Waals surface area contributed by atoms with Crippen molar-refractivity contribution in [2.24, 2.45) is 0 Å². The second-order valence-electron chi connectivity index (χ2n) is 3.29. The van der Waals surface area contributed by atoms with E-state index >= 15 is 0 Å². The van der Waals surface area contributed by atoms with Crippen LogP contribution in [0.4, 0.5) is 0 Å². The lowest BCUT2D eigenvalue weighted by molar-refractivity contribution is -0.671. The number of thioether (sulfide) groups is 1. The summed E-state index contributed by atoms with van der Waals surface area (Å²) >= 11 is 1.80. The molecule has 0 atom stereocenters. The zero-order valence-electron chi connectivity index (χ0n) is 9.10. The first-order valence-electron chi connectivity index (χ1n) is 5.26. The van der Waals surface area contributed by atoms with Crippen molar-refractivity contribution in [2.75, 3.05) is 5.75 Å². The quantitative estimate of drug-likeness (QED) is 0.448. The summed E-state index contributed by atoms with van der Waals surface area (Å²) in [5, 5.41) is 2.39. The highest BCUT2D eigenvalue weighted by molar-refractivity contribution is 7.99. The van der Waals surface area contributed by atoms with Crippen molar-refractivity contribution in [1.82, 2.24) is 4.98 Å². The molecule has 2 rings (SSSR count). The van der Waals surface area contributed by atoms with Crippen molar-refractivity contribution in [2.45, 2.75) is 25.4 Å². The predicted molar refractivity (Wildman–Crippen MR) is 64.0 cm³/mol. The lowest BCUT2D eigenvalue weighted by Gasteiger charge is -2.02. The van der Waals surface area contributed by atoms with Gasteiger partial charge in [0.2, 0.25) is 5.03 Å². The molecule has 2 aromatic rings. The van der Waals surface area contributed by atoms with Crippen LogP contribution in [-0.2, 0) is 6.54 Å². The number of aryl methyl sites for hydroxylation is 1. The Morgan fingerprint density at radius 1 is 1.27 bits per heavy atom. The molecule has 0 fully saturated rings. The molecule has 0 spiro atoms. The third-order valence-corrected chi connectivity index (χ3v) is 3.27. The van der Waals surface area contributed by atoms with Crippen LogP contribution in [0.3, 0.4) is 0 Å². The highest BCUT2D eigenvalue weighted by Crippen LogP contribution is 2.22. The first kappa shape index (κ1) is 10.4. The third kappa shape index (κ3) is 1.97. The van der Waals surface area contributed by atoms with E-state index in [1.54, 1.807) is 11.8 Å². The maximum absolute atomic E-state index is 4.49. The van der Waals surface area contributed by atoms with Crippen LogP contribution in [0.25, 0.3) is 10.9 Å². The van der Waals surface area contributed by atoms with E-state index in [9.17, 15) is 0 Å². The van der Waals surface area contributed by atoms with Gasteiger partial charge in [0.15, 0.2) is 0 Å². The molecule has 0 saturated heterocycles.